The van der Waals surface area contributed by atoms with Gasteiger partial charge in [0.15, 0.2) is 5.58 Å². The van der Waals surface area contributed by atoms with Crippen molar-refractivity contribution in [3.05, 3.63) is 42.2 Å². The highest BCUT2D eigenvalue weighted by molar-refractivity contribution is 5.83. The third kappa shape index (κ3) is 3.49. The van der Waals surface area contributed by atoms with Crippen LogP contribution in [0.15, 0.2) is 40.8 Å². The van der Waals surface area contributed by atoms with Gasteiger partial charge in [-0.3, -0.25) is 0 Å². The van der Waals surface area contributed by atoms with Crippen LogP contribution in [0.2, 0.25) is 0 Å². The van der Waals surface area contributed by atoms with Crippen molar-refractivity contribution in [1.29, 1.82) is 0 Å². The fourth-order valence-electron chi connectivity index (χ4n) is 3.98. The van der Waals surface area contributed by atoms with E-state index in [0.29, 0.717) is 23.1 Å². The summed E-state index contributed by atoms with van der Waals surface area (Å²) < 4.78 is 54.7. The first kappa shape index (κ1) is 18.9. The van der Waals surface area contributed by atoms with E-state index in [1.165, 1.54) is 18.2 Å². The van der Waals surface area contributed by atoms with Crippen LogP contribution in [0.1, 0.15) is 24.7 Å². The standard InChI is InChI=1S/C21H18F3N3O3/c1-12-25-16-10-13(2-4-18(16)27(12)14-6-8-28-9-7-14)20-26-17-11-15(30-21(22,23)24)3-5-19(17)29-20/h2-5,10-11,14H,6-9H2,1H3. The number of alkyl halides is 3. The molecular weight excluding hydrogens is 399 g/mol. The minimum atomic E-state index is -4.76. The van der Waals surface area contributed by atoms with E-state index in [1.807, 2.05) is 25.1 Å². The van der Waals surface area contributed by atoms with E-state index in [9.17, 15) is 13.2 Å². The Labute approximate surface area is 169 Å². The Hall–Kier alpha value is -3.07. The van der Waals surface area contributed by atoms with Gasteiger partial charge in [0.25, 0.3) is 0 Å². The number of aromatic nitrogens is 3. The SMILES string of the molecule is Cc1nc2cc(-c3nc4cc(OC(F)(F)F)ccc4o3)ccc2n1C1CCOCC1. The Kier molecular flexibility index (Phi) is 4.43. The predicted molar refractivity (Wildman–Crippen MR) is 103 cm³/mol. The maximum atomic E-state index is 12.4. The van der Waals surface area contributed by atoms with Crippen molar-refractivity contribution in [2.24, 2.45) is 0 Å². The number of oxazole rings is 1. The molecule has 0 amide bonds. The first-order valence-electron chi connectivity index (χ1n) is 9.60. The number of hydrogen-bond donors (Lipinski definition) is 0. The average molecular weight is 417 g/mol. The summed E-state index contributed by atoms with van der Waals surface area (Å²) in [5, 5.41) is 0. The highest BCUT2D eigenvalue weighted by Crippen LogP contribution is 2.33. The average Bonchev–Trinajstić information content (AvgIpc) is 3.26. The normalized spacial score (nSPS) is 15.9. The van der Waals surface area contributed by atoms with Crippen molar-refractivity contribution in [2.75, 3.05) is 13.2 Å². The second kappa shape index (κ2) is 7.02. The largest absolute Gasteiger partial charge is 0.573 e. The maximum absolute atomic E-state index is 12.4. The zero-order valence-electron chi connectivity index (χ0n) is 16.1. The number of halogens is 3. The summed E-state index contributed by atoms with van der Waals surface area (Å²) >= 11 is 0. The van der Waals surface area contributed by atoms with E-state index in [0.717, 1.165) is 42.9 Å². The fourth-order valence-corrected chi connectivity index (χ4v) is 3.98. The van der Waals surface area contributed by atoms with Crippen LogP contribution < -0.4 is 4.74 Å². The van der Waals surface area contributed by atoms with Crippen molar-refractivity contribution < 1.29 is 27.1 Å². The number of hydrogen-bond acceptors (Lipinski definition) is 5. The van der Waals surface area contributed by atoms with Gasteiger partial charge in [-0.25, -0.2) is 9.97 Å². The van der Waals surface area contributed by atoms with Crippen molar-refractivity contribution in [1.82, 2.24) is 14.5 Å². The summed E-state index contributed by atoms with van der Waals surface area (Å²) in [6, 6.07) is 9.92. The topological polar surface area (TPSA) is 62.3 Å². The molecule has 1 fully saturated rings. The molecule has 30 heavy (non-hydrogen) atoms. The molecule has 0 spiro atoms. The second-order valence-corrected chi connectivity index (χ2v) is 7.27. The number of imidazole rings is 1. The number of rotatable bonds is 3. The molecule has 9 heteroatoms. The smallest absolute Gasteiger partial charge is 0.436 e. The summed E-state index contributed by atoms with van der Waals surface area (Å²) in [4.78, 5) is 9.02. The molecule has 0 bridgehead atoms. The summed E-state index contributed by atoms with van der Waals surface area (Å²) in [5.41, 5.74) is 3.22. The lowest BCUT2D eigenvalue weighted by atomic mass is 10.1. The van der Waals surface area contributed by atoms with Crippen LogP contribution in [0.25, 0.3) is 33.6 Å². The molecule has 5 rings (SSSR count). The minimum Gasteiger partial charge on any atom is -0.436 e. The summed E-state index contributed by atoms with van der Waals surface area (Å²) in [5.74, 6) is 0.908. The van der Waals surface area contributed by atoms with Crippen LogP contribution in [0.4, 0.5) is 13.2 Å². The summed E-state index contributed by atoms with van der Waals surface area (Å²) in [7, 11) is 0. The van der Waals surface area contributed by atoms with Gasteiger partial charge in [0, 0.05) is 30.9 Å². The fraction of sp³-hybridized carbons (Fsp3) is 0.333. The molecule has 2 aromatic carbocycles. The van der Waals surface area contributed by atoms with Gasteiger partial charge in [0.05, 0.1) is 11.0 Å². The Balaban J connectivity index is 1.50. The molecule has 6 nitrogen and oxygen atoms in total. The Morgan fingerprint density at radius 2 is 1.83 bits per heavy atom. The molecule has 0 atom stereocenters. The molecule has 0 aliphatic carbocycles. The zero-order chi connectivity index (χ0) is 20.9. The van der Waals surface area contributed by atoms with Gasteiger partial charge in [-0.05, 0) is 50.1 Å². The lowest BCUT2D eigenvalue weighted by molar-refractivity contribution is -0.274. The Morgan fingerprint density at radius 1 is 1.03 bits per heavy atom. The van der Waals surface area contributed by atoms with Gasteiger partial charge in [0.2, 0.25) is 5.89 Å². The van der Waals surface area contributed by atoms with E-state index in [1.54, 1.807) is 0 Å². The monoisotopic (exact) mass is 417 g/mol. The van der Waals surface area contributed by atoms with Crippen molar-refractivity contribution >= 4 is 22.1 Å². The molecule has 0 N–H and O–H groups in total. The van der Waals surface area contributed by atoms with E-state index >= 15 is 0 Å². The molecule has 2 aromatic heterocycles. The minimum absolute atomic E-state index is 0.288. The van der Waals surface area contributed by atoms with Crippen molar-refractivity contribution in [3.8, 4) is 17.2 Å². The number of fused-ring (bicyclic) bond motifs is 2. The zero-order valence-corrected chi connectivity index (χ0v) is 16.1. The summed E-state index contributed by atoms with van der Waals surface area (Å²) in [6.45, 7) is 3.46. The molecule has 1 aliphatic rings. The number of ether oxygens (including phenoxy) is 2. The van der Waals surface area contributed by atoms with Crippen LogP contribution in [-0.2, 0) is 4.74 Å². The van der Waals surface area contributed by atoms with Crippen LogP contribution in [0.3, 0.4) is 0 Å². The third-order valence-corrected chi connectivity index (χ3v) is 5.26. The number of nitrogens with zero attached hydrogens (tertiary/aromatic N) is 3. The summed E-state index contributed by atoms with van der Waals surface area (Å²) in [6.07, 6.45) is -2.87. The second-order valence-electron chi connectivity index (χ2n) is 7.27. The molecule has 156 valence electrons. The van der Waals surface area contributed by atoms with Gasteiger partial charge < -0.3 is 18.5 Å². The Morgan fingerprint density at radius 3 is 2.60 bits per heavy atom. The Bertz CT molecular complexity index is 1220. The van der Waals surface area contributed by atoms with E-state index in [4.69, 9.17) is 14.1 Å². The first-order valence-corrected chi connectivity index (χ1v) is 9.60. The van der Waals surface area contributed by atoms with Crippen LogP contribution in [-0.4, -0.2) is 34.1 Å². The van der Waals surface area contributed by atoms with Gasteiger partial charge in [0.1, 0.15) is 17.1 Å². The van der Waals surface area contributed by atoms with Gasteiger partial charge >= 0.3 is 6.36 Å². The molecule has 1 aliphatic heterocycles. The highest BCUT2D eigenvalue weighted by atomic mass is 19.4. The van der Waals surface area contributed by atoms with E-state index in [-0.39, 0.29) is 11.3 Å². The third-order valence-electron chi connectivity index (χ3n) is 5.26. The first-order chi connectivity index (χ1) is 14.4. The molecule has 0 saturated carbocycles. The van der Waals surface area contributed by atoms with Gasteiger partial charge in [-0.15, -0.1) is 13.2 Å². The molecule has 1 saturated heterocycles. The van der Waals surface area contributed by atoms with Gasteiger partial charge in [-0.2, -0.15) is 0 Å². The predicted octanol–water partition coefficient (Wildman–Crippen LogP) is 5.40. The number of benzene rings is 2. The lowest BCUT2D eigenvalue weighted by Gasteiger charge is -2.25. The molecular formula is C21H18F3N3O3. The molecule has 0 radical (unpaired) electrons. The van der Waals surface area contributed by atoms with E-state index < -0.39 is 6.36 Å². The van der Waals surface area contributed by atoms with Crippen molar-refractivity contribution in [3.63, 3.8) is 0 Å². The van der Waals surface area contributed by atoms with Crippen molar-refractivity contribution in [2.45, 2.75) is 32.2 Å². The highest BCUT2D eigenvalue weighted by Gasteiger charge is 2.31. The van der Waals surface area contributed by atoms with Crippen LogP contribution in [0, 0.1) is 6.92 Å². The molecule has 4 aromatic rings. The quantitative estimate of drug-likeness (QED) is 0.446. The van der Waals surface area contributed by atoms with Gasteiger partial charge in [-0.1, -0.05) is 0 Å². The molecule has 3 heterocycles. The van der Waals surface area contributed by atoms with E-state index in [2.05, 4.69) is 14.3 Å². The van der Waals surface area contributed by atoms with Crippen LogP contribution in [0.5, 0.6) is 5.75 Å². The molecule has 0 unspecified atom stereocenters. The maximum Gasteiger partial charge on any atom is 0.573 e. The van der Waals surface area contributed by atoms with Crippen LogP contribution >= 0.6 is 0 Å². The number of aryl methyl sites for hydroxylation is 1. The lowest BCUT2D eigenvalue weighted by Crippen LogP contribution is -2.20.